The van der Waals surface area contributed by atoms with Crippen molar-refractivity contribution in [1.29, 1.82) is 0 Å². The molecule has 2 aromatic heterocycles. The third kappa shape index (κ3) is 2.61. The van der Waals surface area contributed by atoms with Gasteiger partial charge in [0.15, 0.2) is 0 Å². The summed E-state index contributed by atoms with van der Waals surface area (Å²) in [5.74, 6) is -0.231. The number of nitrogens with zero attached hydrogens (tertiary/aromatic N) is 4. The van der Waals surface area contributed by atoms with Gasteiger partial charge in [0.1, 0.15) is 11.5 Å². The smallest absolute Gasteiger partial charge is 0.123 e. The van der Waals surface area contributed by atoms with Crippen LogP contribution in [-0.2, 0) is 0 Å². The van der Waals surface area contributed by atoms with E-state index in [9.17, 15) is 4.39 Å². The van der Waals surface area contributed by atoms with Gasteiger partial charge >= 0.3 is 0 Å². The first-order valence-corrected chi connectivity index (χ1v) is 7.99. The lowest BCUT2D eigenvalue weighted by Gasteiger charge is -2.29. The van der Waals surface area contributed by atoms with E-state index in [-0.39, 0.29) is 5.82 Å². The van der Waals surface area contributed by atoms with Gasteiger partial charge in [0, 0.05) is 23.3 Å². The molecule has 23 heavy (non-hydrogen) atoms. The number of rotatable bonds is 2. The first-order chi connectivity index (χ1) is 11.2. The monoisotopic (exact) mass is 310 g/mol. The number of halogens is 1. The largest absolute Gasteiger partial charge is 0.306 e. The summed E-state index contributed by atoms with van der Waals surface area (Å²) in [5, 5.41) is 5.90. The Hall–Kier alpha value is -2.27. The van der Waals surface area contributed by atoms with Crippen molar-refractivity contribution in [3.8, 4) is 11.3 Å². The lowest BCUT2D eigenvalue weighted by molar-refractivity contribution is 0.215. The van der Waals surface area contributed by atoms with Crippen molar-refractivity contribution >= 4 is 10.9 Å². The topological polar surface area (TPSA) is 34.0 Å². The van der Waals surface area contributed by atoms with Crippen molar-refractivity contribution in [2.75, 3.05) is 20.1 Å². The van der Waals surface area contributed by atoms with E-state index in [0.29, 0.717) is 6.04 Å². The molecule has 118 valence electrons. The van der Waals surface area contributed by atoms with Crippen LogP contribution >= 0.6 is 0 Å². The van der Waals surface area contributed by atoms with Crippen LogP contribution in [0.3, 0.4) is 0 Å². The molecule has 0 aliphatic carbocycles. The standard InChI is InChI=1S/C18H19FN4/c1-22-10-7-15(8-11-22)23-17-6-9-20-12-16(17)18(21-23)13-2-4-14(19)5-3-13/h2-6,9,12,15H,7-8,10-11H2,1H3. The summed E-state index contributed by atoms with van der Waals surface area (Å²) in [4.78, 5) is 6.60. The Kier molecular flexibility index (Phi) is 3.58. The highest BCUT2D eigenvalue weighted by molar-refractivity contribution is 5.92. The fraction of sp³-hybridized carbons (Fsp3) is 0.333. The van der Waals surface area contributed by atoms with Gasteiger partial charge in [-0.05, 0) is 63.3 Å². The number of pyridine rings is 1. The summed E-state index contributed by atoms with van der Waals surface area (Å²) in [6, 6.07) is 8.95. The molecule has 1 fully saturated rings. The molecule has 4 nitrogen and oxygen atoms in total. The predicted octanol–water partition coefficient (Wildman–Crippen LogP) is 3.50. The number of fused-ring (bicyclic) bond motifs is 1. The number of piperidine rings is 1. The predicted molar refractivity (Wildman–Crippen MR) is 88.7 cm³/mol. The van der Waals surface area contributed by atoms with E-state index in [1.165, 1.54) is 12.1 Å². The van der Waals surface area contributed by atoms with Gasteiger partial charge in [-0.1, -0.05) is 0 Å². The molecule has 1 aliphatic rings. The lowest BCUT2D eigenvalue weighted by atomic mass is 10.1. The van der Waals surface area contributed by atoms with Gasteiger partial charge in [-0.25, -0.2) is 4.39 Å². The third-order valence-electron chi connectivity index (χ3n) is 4.66. The first-order valence-electron chi connectivity index (χ1n) is 7.99. The van der Waals surface area contributed by atoms with Gasteiger partial charge < -0.3 is 4.90 Å². The Balaban J connectivity index is 1.81. The van der Waals surface area contributed by atoms with E-state index in [0.717, 1.165) is 48.1 Å². The van der Waals surface area contributed by atoms with Gasteiger partial charge in [-0.15, -0.1) is 0 Å². The highest BCUT2D eigenvalue weighted by Crippen LogP contribution is 2.32. The average Bonchev–Trinajstić information content (AvgIpc) is 2.96. The SMILES string of the molecule is CN1CCC(n2nc(-c3ccc(F)cc3)c3cnccc32)CC1. The minimum absolute atomic E-state index is 0.231. The van der Waals surface area contributed by atoms with E-state index in [4.69, 9.17) is 5.10 Å². The minimum Gasteiger partial charge on any atom is -0.306 e. The van der Waals surface area contributed by atoms with Crippen molar-refractivity contribution < 1.29 is 4.39 Å². The molecule has 0 unspecified atom stereocenters. The highest BCUT2D eigenvalue weighted by Gasteiger charge is 2.22. The quantitative estimate of drug-likeness (QED) is 0.726. The van der Waals surface area contributed by atoms with Crippen LogP contribution in [0.15, 0.2) is 42.7 Å². The lowest BCUT2D eigenvalue weighted by Crippen LogP contribution is -2.31. The number of hydrogen-bond acceptors (Lipinski definition) is 3. The second-order valence-corrected chi connectivity index (χ2v) is 6.23. The number of aromatic nitrogens is 3. The summed E-state index contributed by atoms with van der Waals surface area (Å²) in [6.07, 6.45) is 5.85. The molecule has 0 N–H and O–H groups in total. The minimum atomic E-state index is -0.231. The summed E-state index contributed by atoms with van der Waals surface area (Å²) in [7, 11) is 2.16. The van der Waals surface area contributed by atoms with Crippen molar-refractivity contribution in [2.45, 2.75) is 18.9 Å². The van der Waals surface area contributed by atoms with Crippen molar-refractivity contribution in [1.82, 2.24) is 19.7 Å². The molecule has 0 saturated carbocycles. The van der Waals surface area contributed by atoms with Crippen LogP contribution in [0.25, 0.3) is 22.2 Å². The fourth-order valence-corrected chi connectivity index (χ4v) is 3.32. The molecule has 1 aliphatic heterocycles. The van der Waals surface area contributed by atoms with Gasteiger partial charge in [-0.2, -0.15) is 5.10 Å². The summed E-state index contributed by atoms with van der Waals surface area (Å²) in [5.41, 5.74) is 2.91. The summed E-state index contributed by atoms with van der Waals surface area (Å²) < 4.78 is 15.3. The molecular weight excluding hydrogens is 291 g/mol. The zero-order valence-electron chi connectivity index (χ0n) is 13.1. The first kappa shape index (κ1) is 14.3. The highest BCUT2D eigenvalue weighted by atomic mass is 19.1. The second kappa shape index (κ2) is 5.74. The Bertz CT molecular complexity index is 817. The van der Waals surface area contributed by atoms with Gasteiger partial charge in [0.2, 0.25) is 0 Å². The molecule has 4 rings (SSSR count). The molecule has 1 aromatic carbocycles. The summed E-state index contributed by atoms with van der Waals surface area (Å²) in [6.45, 7) is 2.17. The maximum atomic E-state index is 13.2. The molecule has 0 bridgehead atoms. The Morgan fingerprint density at radius 3 is 2.57 bits per heavy atom. The van der Waals surface area contributed by atoms with E-state index >= 15 is 0 Å². The number of benzene rings is 1. The molecule has 0 spiro atoms. The van der Waals surface area contributed by atoms with Crippen LogP contribution in [0.5, 0.6) is 0 Å². The second-order valence-electron chi connectivity index (χ2n) is 6.23. The zero-order valence-corrected chi connectivity index (χ0v) is 13.1. The Morgan fingerprint density at radius 2 is 1.83 bits per heavy atom. The van der Waals surface area contributed by atoms with Crippen LogP contribution in [0.2, 0.25) is 0 Å². The number of likely N-dealkylation sites (tertiary alicyclic amines) is 1. The maximum absolute atomic E-state index is 13.2. The molecule has 3 aromatic rings. The fourth-order valence-electron chi connectivity index (χ4n) is 3.32. The molecule has 1 saturated heterocycles. The third-order valence-corrected chi connectivity index (χ3v) is 4.66. The van der Waals surface area contributed by atoms with Crippen molar-refractivity contribution in [3.05, 3.63) is 48.5 Å². The van der Waals surface area contributed by atoms with E-state index < -0.39 is 0 Å². The van der Waals surface area contributed by atoms with Gasteiger partial charge in [-0.3, -0.25) is 9.67 Å². The van der Waals surface area contributed by atoms with Gasteiger partial charge in [0.05, 0.1) is 11.6 Å². The average molecular weight is 310 g/mol. The zero-order chi connectivity index (χ0) is 15.8. The maximum Gasteiger partial charge on any atom is 0.123 e. The van der Waals surface area contributed by atoms with E-state index in [1.807, 2.05) is 18.5 Å². The summed E-state index contributed by atoms with van der Waals surface area (Å²) >= 11 is 0. The number of hydrogen-bond donors (Lipinski definition) is 0. The van der Waals surface area contributed by atoms with Crippen LogP contribution in [0, 0.1) is 5.82 Å². The van der Waals surface area contributed by atoms with Crippen LogP contribution in [0.1, 0.15) is 18.9 Å². The van der Waals surface area contributed by atoms with Crippen LogP contribution < -0.4 is 0 Å². The normalized spacial score (nSPS) is 17.0. The van der Waals surface area contributed by atoms with Crippen molar-refractivity contribution in [2.24, 2.45) is 0 Å². The molecule has 0 atom stereocenters. The molecular formula is C18H19FN4. The van der Waals surface area contributed by atoms with Gasteiger partial charge in [0.25, 0.3) is 0 Å². The molecule has 0 radical (unpaired) electrons. The molecule has 5 heteroatoms. The van der Waals surface area contributed by atoms with E-state index in [2.05, 4.69) is 21.6 Å². The Labute approximate surface area is 134 Å². The Morgan fingerprint density at radius 1 is 1.09 bits per heavy atom. The van der Waals surface area contributed by atoms with Crippen molar-refractivity contribution in [3.63, 3.8) is 0 Å². The van der Waals surface area contributed by atoms with Crippen LogP contribution in [-0.4, -0.2) is 39.8 Å². The van der Waals surface area contributed by atoms with E-state index in [1.54, 1.807) is 12.1 Å². The molecule has 0 amide bonds. The molecule has 3 heterocycles. The van der Waals surface area contributed by atoms with Crippen LogP contribution in [0.4, 0.5) is 4.39 Å².